The number of aryl methyl sites for hydroxylation is 1. The van der Waals surface area contributed by atoms with E-state index in [-0.39, 0.29) is 29.9 Å². The number of nitrogens with one attached hydrogen (secondary N) is 2. The Morgan fingerprint density at radius 2 is 2.07 bits per heavy atom. The zero-order valence-corrected chi connectivity index (χ0v) is 20.3. The molecule has 0 aliphatic heterocycles. The van der Waals surface area contributed by atoms with Crippen LogP contribution in [0.3, 0.4) is 0 Å². The van der Waals surface area contributed by atoms with Gasteiger partial charge < -0.3 is 15.5 Å². The molecule has 0 radical (unpaired) electrons. The summed E-state index contributed by atoms with van der Waals surface area (Å²) in [5.41, 5.74) is 1.08. The van der Waals surface area contributed by atoms with Crippen molar-refractivity contribution in [3.8, 4) is 0 Å². The normalized spacial score (nSPS) is 10.9. The molecule has 0 fully saturated rings. The molecule has 0 atom stereocenters. The number of carbonyl (C=O) groups excluding carboxylic acids is 1. The van der Waals surface area contributed by atoms with Crippen molar-refractivity contribution < 1.29 is 4.79 Å². The third kappa shape index (κ3) is 7.74. The molecule has 1 heterocycles. The third-order valence-electron chi connectivity index (χ3n) is 3.95. The molecule has 8 nitrogen and oxygen atoms in total. The van der Waals surface area contributed by atoms with Gasteiger partial charge in [0.25, 0.3) is 0 Å². The zero-order valence-electron chi connectivity index (χ0n) is 16.4. The predicted octanol–water partition coefficient (Wildman–Crippen LogP) is 2.30. The summed E-state index contributed by atoms with van der Waals surface area (Å²) < 4.78 is 2.70. The zero-order chi connectivity index (χ0) is 19.6. The Morgan fingerprint density at radius 1 is 1.32 bits per heavy atom. The van der Waals surface area contributed by atoms with Gasteiger partial charge in [-0.2, -0.15) is 5.10 Å². The van der Waals surface area contributed by atoms with Gasteiger partial charge in [-0.25, -0.2) is 9.98 Å². The van der Waals surface area contributed by atoms with Crippen molar-refractivity contribution >= 4 is 51.8 Å². The molecule has 0 unspecified atom stereocenters. The lowest BCUT2D eigenvalue weighted by atomic mass is 10.2. The van der Waals surface area contributed by atoms with E-state index >= 15 is 0 Å². The molecule has 2 aromatic rings. The molecule has 0 aliphatic carbocycles. The Hall–Kier alpha value is -1.69. The van der Waals surface area contributed by atoms with Crippen LogP contribution in [0.5, 0.6) is 0 Å². The first-order chi connectivity index (χ1) is 13.0. The van der Waals surface area contributed by atoms with Crippen molar-refractivity contribution in [3.63, 3.8) is 0 Å². The molecule has 0 spiro atoms. The van der Waals surface area contributed by atoms with Crippen molar-refractivity contribution in [3.05, 3.63) is 46.5 Å². The molecule has 2 N–H and O–H groups in total. The van der Waals surface area contributed by atoms with Gasteiger partial charge in [0, 0.05) is 44.6 Å². The standard InChI is InChI=1S/C18H26BrN7O.HI/c1-4-20-18(22-11-16-23-13-24-26(16)3)21-10-9-17(27)25(2)12-14-7-5-6-8-15(14)19;/h5-8,13H,4,9-12H2,1-3H3,(H2,20,21,22);1H. The van der Waals surface area contributed by atoms with E-state index in [1.165, 1.54) is 6.33 Å². The number of rotatable bonds is 8. The summed E-state index contributed by atoms with van der Waals surface area (Å²) in [5.74, 6) is 1.50. The topological polar surface area (TPSA) is 87.4 Å². The molecule has 10 heteroatoms. The number of guanidine groups is 1. The minimum absolute atomic E-state index is 0. The molecule has 28 heavy (non-hydrogen) atoms. The summed E-state index contributed by atoms with van der Waals surface area (Å²) in [6.07, 6.45) is 1.89. The first-order valence-corrected chi connectivity index (χ1v) is 9.63. The number of aromatic nitrogens is 3. The highest BCUT2D eigenvalue weighted by molar-refractivity contribution is 14.0. The van der Waals surface area contributed by atoms with Crippen LogP contribution in [0.4, 0.5) is 0 Å². The number of hydrogen-bond acceptors (Lipinski definition) is 4. The number of amides is 1. The van der Waals surface area contributed by atoms with Gasteiger partial charge in [0.05, 0.1) is 0 Å². The monoisotopic (exact) mass is 563 g/mol. The summed E-state index contributed by atoms with van der Waals surface area (Å²) in [6, 6.07) is 7.91. The summed E-state index contributed by atoms with van der Waals surface area (Å²) in [7, 11) is 3.65. The molecule has 1 amide bonds. The molecular formula is C18H27BrIN7O. The molecule has 0 aliphatic rings. The molecule has 2 rings (SSSR count). The first-order valence-electron chi connectivity index (χ1n) is 8.83. The molecule has 0 saturated carbocycles. The number of halogens is 2. The largest absolute Gasteiger partial charge is 0.357 e. The summed E-state index contributed by atoms with van der Waals surface area (Å²) in [5, 5.41) is 10.4. The quantitative estimate of drug-likeness (QED) is 0.292. The fraction of sp³-hybridized carbons (Fsp3) is 0.444. The Balaban J connectivity index is 0.00000392. The summed E-state index contributed by atoms with van der Waals surface area (Å²) >= 11 is 3.52. The lowest BCUT2D eigenvalue weighted by Gasteiger charge is -2.19. The lowest BCUT2D eigenvalue weighted by Crippen LogP contribution is -2.39. The Kier molecular flexibility index (Phi) is 11.0. The second kappa shape index (κ2) is 12.7. The van der Waals surface area contributed by atoms with Crippen LogP contribution < -0.4 is 10.6 Å². The van der Waals surface area contributed by atoms with Crippen molar-refractivity contribution in [2.45, 2.75) is 26.4 Å². The van der Waals surface area contributed by atoms with E-state index in [4.69, 9.17) is 0 Å². The van der Waals surface area contributed by atoms with Crippen LogP contribution in [0.2, 0.25) is 0 Å². The van der Waals surface area contributed by atoms with Crippen LogP contribution in [0.1, 0.15) is 24.7 Å². The molecule has 0 bridgehead atoms. The smallest absolute Gasteiger partial charge is 0.224 e. The van der Waals surface area contributed by atoms with Crippen LogP contribution in [-0.2, 0) is 24.9 Å². The van der Waals surface area contributed by atoms with Crippen LogP contribution >= 0.6 is 39.9 Å². The average Bonchev–Trinajstić information content (AvgIpc) is 3.06. The van der Waals surface area contributed by atoms with E-state index < -0.39 is 0 Å². The maximum absolute atomic E-state index is 12.4. The first kappa shape index (κ1) is 24.3. The Morgan fingerprint density at radius 3 is 2.71 bits per heavy atom. The fourth-order valence-corrected chi connectivity index (χ4v) is 2.81. The second-order valence-corrected chi connectivity index (χ2v) is 6.87. The van der Waals surface area contributed by atoms with Crippen LogP contribution in [0.15, 0.2) is 40.1 Å². The van der Waals surface area contributed by atoms with Gasteiger partial charge in [0.2, 0.25) is 5.91 Å². The highest BCUT2D eigenvalue weighted by atomic mass is 127. The fourth-order valence-electron chi connectivity index (χ4n) is 2.40. The van der Waals surface area contributed by atoms with Gasteiger partial charge in [-0.05, 0) is 18.6 Å². The summed E-state index contributed by atoms with van der Waals surface area (Å²) in [6.45, 7) is 4.22. The van der Waals surface area contributed by atoms with Gasteiger partial charge in [-0.1, -0.05) is 34.1 Å². The van der Waals surface area contributed by atoms with E-state index in [0.29, 0.717) is 32.0 Å². The number of nitrogens with zero attached hydrogens (tertiary/aromatic N) is 5. The lowest BCUT2D eigenvalue weighted by molar-refractivity contribution is -0.130. The third-order valence-corrected chi connectivity index (χ3v) is 4.72. The van der Waals surface area contributed by atoms with Crippen LogP contribution in [0, 0.1) is 0 Å². The Bertz CT molecular complexity index is 781. The number of benzene rings is 1. The molecule has 154 valence electrons. The number of hydrogen-bond donors (Lipinski definition) is 2. The van der Waals surface area contributed by atoms with Crippen LogP contribution in [0.25, 0.3) is 0 Å². The molecule has 1 aromatic heterocycles. The van der Waals surface area contributed by atoms with E-state index in [9.17, 15) is 4.79 Å². The summed E-state index contributed by atoms with van der Waals surface area (Å²) in [4.78, 5) is 22.7. The van der Waals surface area contributed by atoms with Gasteiger partial charge in [0.15, 0.2) is 5.96 Å². The number of carbonyl (C=O) groups is 1. The second-order valence-electron chi connectivity index (χ2n) is 6.01. The molecule has 0 saturated heterocycles. The van der Waals surface area contributed by atoms with E-state index in [1.807, 2.05) is 45.3 Å². The predicted molar refractivity (Wildman–Crippen MR) is 124 cm³/mol. The maximum Gasteiger partial charge on any atom is 0.224 e. The minimum Gasteiger partial charge on any atom is -0.357 e. The molecule has 1 aromatic carbocycles. The van der Waals surface area contributed by atoms with Crippen LogP contribution in [-0.4, -0.2) is 51.7 Å². The van der Waals surface area contributed by atoms with Gasteiger partial charge in [-0.3, -0.25) is 9.48 Å². The highest BCUT2D eigenvalue weighted by Crippen LogP contribution is 2.17. The molecular weight excluding hydrogens is 537 g/mol. The Labute approximate surface area is 191 Å². The van der Waals surface area contributed by atoms with Gasteiger partial charge in [-0.15, -0.1) is 24.0 Å². The van der Waals surface area contributed by atoms with E-state index in [1.54, 1.807) is 9.58 Å². The van der Waals surface area contributed by atoms with Crippen molar-refractivity contribution in [1.29, 1.82) is 0 Å². The maximum atomic E-state index is 12.4. The average molecular weight is 564 g/mol. The number of aliphatic imine (C=N–C) groups is 1. The van der Waals surface area contributed by atoms with Gasteiger partial charge in [0.1, 0.15) is 18.7 Å². The van der Waals surface area contributed by atoms with E-state index in [2.05, 4.69) is 41.6 Å². The SMILES string of the molecule is CCNC(=NCc1ncnn1C)NCCC(=O)N(C)Cc1ccccc1Br.I. The highest BCUT2D eigenvalue weighted by Gasteiger charge is 2.11. The van der Waals surface area contributed by atoms with Crippen molar-refractivity contribution in [2.75, 3.05) is 20.1 Å². The van der Waals surface area contributed by atoms with Gasteiger partial charge >= 0.3 is 0 Å². The van der Waals surface area contributed by atoms with Crippen molar-refractivity contribution in [1.82, 2.24) is 30.3 Å². The minimum atomic E-state index is 0. The van der Waals surface area contributed by atoms with Crippen molar-refractivity contribution in [2.24, 2.45) is 12.0 Å². The van der Waals surface area contributed by atoms with E-state index in [0.717, 1.165) is 22.4 Å².